The Hall–Kier alpha value is -1.90. The maximum absolute atomic E-state index is 5.76. The highest BCUT2D eigenvalue weighted by atomic mass is 16.5. The molecule has 0 spiro atoms. The van der Waals surface area contributed by atoms with Crippen LogP contribution in [0.4, 0.5) is 0 Å². The Labute approximate surface area is 137 Å². The molecule has 3 unspecified atom stereocenters. The zero-order valence-corrected chi connectivity index (χ0v) is 13.2. The molecule has 0 amide bonds. The first-order chi connectivity index (χ1) is 11.3. The van der Waals surface area contributed by atoms with E-state index in [0.29, 0.717) is 11.8 Å². The normalized spacial score (nSPS) is 32.2. The molecule has 4 aliphatic carbocycles. The lowest BCUT2D eigenvalue weighted by Gasteiger charge is -2.54. The first-order valence-corrected chi connectivity index (χ1v) is 8.73. The Morgan fingerprint density at radius 1 is 0.957 bits per heavy atom. The van der Waals surface area contributed by atoms with Crippen LogP contribution in [0.5, 0.6) is 11.6 Å². The molecule has 4 aliphatic rings. The van der Waals surface area contributed by atoms with E-state index >= 15 is 0 Å². The van der Waals surface area contributed by atoms with Crippen molar-refractivity contribution in [2.24, 2.45) is 17.8 Å². The third-order valence-corrected chi connectivity index (χ3v) is 5.93. The van der Waals surface area contributed by atoms with Crippen molar-refractivity contribution in [3.05, 3.63) is 54.3 Å². The van der Waals surface area contributed by atoms with E-state index in [1.165, 1.54) is 37.7 Å². The minimum absolute atomic E-state index is 0.649. The molecule has 3 atom stereocenters. The summed E-state index contributed by atoms with van der Waals surface area (Å²) in [6.07, 6.45) is 12.6. The number of aromatic nitrogens is 2. The molecule has 4 saturated carbocycles. The molecule has 23 heavy (non-hydrogen) atoms. The van der Waals surface area contributed by atoms with Crippen LogP contribution in [0.2, 0.25) is 0 Å². The van der Waals surface area contributed by atoms with Gasteiger partial charge in [-0.2, -0.15) is 0 Å². The topological polar surface area (TPSA) is 35.0 Å². The van der Waals surface area contributed by atoms with Crippen LogP contribution in [0.1, 0.15) is 43.6 Å². The summed E-state index contributed by atoms with van der Waals surface area (Å²) in [6.45, 7) is 0. The molecule has 1 radical (unpaired) electrons. The highest BCUT2D eigenvalue weighted by Crippen LogP contribution is 2.60. The van der Waals surface area contributed by atoms with E-state index in [1.54, 1.807) is 18.3 Å². The van der Waals surface area contributed by atoms with Gasteiger partial charge in [0.05, 0.1) is 6.20 Å². The standard InChI is InChI=1S/C20H21N2O/c1-2-18(12-21-5-1)23-19-4-3-15(11-22-19)20-16-7-13-6-14(9-16)10-17(20)8-13/h1-5,11-14,16,20H,6-10H2. The van der Waals surface area contributed by atoms with Gasteiger partial charge < -0.3 is 4.74 Å². The van der Waals surface area contributed by atoms with Gasteiger partial charge in [0.25, 0.3) is 0 Å². The first kappa shape index (κ1) is 13.5. The molecular formula is C20H21N2O. The molecule has 2 aromatic heterocycles. The Morgan fingerprint density at radius 2 is 1.83 bits per heavy atom. The fourth-order valence-corrected chi connectivity index (χ4v) is 5.31. The molecule has 6 rings (SSSR count). The van der Waals surface area contributed by atoms with Crippen LogP contribution in [0.3, 0.4) is 0 Å². The van der Waals surface area contributed by atoms with Crippen molar-refractivity contribution in [2.45, 2.75) is 38.0 Å². The van der Waals surface area contributed by atoms with E-state index in [4.69, 9.17) is 4.74 Å². The van der Waals surface area contributed by atoms with Crippen LogP contribution < -0.4 is 4.74 Å². The number of nitrogens with zero attached hydrogens (tertiary/aromatic N) is 2. The number of hydrogen-bond donors (Lipinski definition) is 0. The second-order valence-corrected chi connectivity index (χ2v) is 7.46. The average molecular weight is 305 g/mol. The van der Waals surface area contributed by atoms with E-state index in [-0.39, 0.29) is 0 Å². The van der Waals surface area contributed by atoms with E-state index in [0.717, 1.165) is 23.5 Å². The number of rotatable bonds is 3. The predicted molar refractivity (Wildman–Crippen MR) is 88.1 cm³/mol. The Kier molecular flexibility index (Phi) is 3.13. The molecule has 0 aromatic carbocycles. The maximum Gasteiger partial charge on any atom is 0.219 e. The summed E-state index contributed by atoms with van der Waals surface area (Å²) in [5, 5.41) is 0. The number of hydrogen-bond acceptors (Lipinski definition) is 3. The van der Waals surface area contributed by atoms with Gasteiger partial charge in [-0.1, -0.05) is 6.07 Å². The summed E-state index contributed by atoms with van der Waals surface area (Å²) in [7, 11) is 0. The summed E-state index contributed by atoms with van der Waals surface area (Å²) in [4.78, 5) is 8.61. The predicted octanol–water partition coefficient (Wildman–Crippen LogP) is 4.77. The molecule has 2 aromatic rings. The lowest BCUT2D eigenvalue weighted by Crippen LogP contribution is -2.42. The molecule has 3 nitrogen and oxygen atoms in total. The van der Waals surface area contributed by atoms with Gasteiger partial charge in [-0.3, -0.25) is 4.98 Å². The van der Waals surface area contributed by atoms with Crippen molar-refractivity contribution in [2.75, 3.05) is 0 Å². The molecule has 3 heteroatoms. The minimum atomic E-state index is 0.649. The quantitative estimate of drug-likeness (QED) is 0.819. The van der Waals surface area contributed by atoms with E-state index in [2.05, 4.69) is 16.0 Å². The summed E-state index contributed by atoms with van der Waals surface area (Å²) < 4.78 is 5.76. The SMILES string of the molecule is c1cncc(Oc2ccc(C3[C]4CC5CC(C4)CC3C5)cn2)c1. The van der Waals surface area contributed by atoms with Crippen molar-refractivity contribution in [3.63, 3.8) is 0 Å². The van der Waals surface area contributed by atoms with Gasteiger partial charge in [-0.05, 0) is 79.4 Å². The highest BCUT2D eigenvalue weighted by Gasteiger charge is 2.48. The van der Waals surface area contributed by atoms with Crippen molar-refractivity contribution >= 4 is 0 Å². The summed E-state index contributed by atoms with van der Waals surface area (Å²) >= 11 is 0. The van der Waals surface area contributed by atoms with E-state index in [1.807, 2.05) is 24.4 Å². The fourth-order valence-electron chi connectivity index (χ4n) is 5.31. The minimum Gasteiger partial charge on any atom is -0.437 e. The Balaban J connectivity index is 1.36. The summed E-state index contributed by atoms with van der Waals surface area (Å²) in [6, 6.07) is 8.00. The monoisotopic (exact) mass is 305 g/mol. The van der Waals surface area contributed by atoms with Crippen LogP contribution >= 0.6 is 0 Å². The van der Waals surface area contributed by atoms with Gasteiger partial charge in [0.15, 0.2) is 0 Å². The lowest BCUT2D eigenvalue weighted by molar-refractivity contribution is 0.0722. The van der Waals surface area contributed by atoms with Crippen molar-refractivity contribution in [3.8, 4) is 11.6 Å². The molecule has 117 valence electrons. The molecule has 2 heterocycles. The molecule has 4 bridgehead atoms. The van der Waals surface area contributed by atoms with Gasteiger partial charge in [0, 0.05) is 18.5 Å². The Bertz CT molecular complexity index is 655. The number of pyridine rings is 2. The second-order valence-electron chi connectivity index (χ2n) is 7.46. The van der Waals surface area contributed by atoms with Crippen LogP contribution in [0.15, 0.2) is 42.9 Å². The van der Waals surface area contributed by atoms with Crippen molar-refractivity contribution in [1.29, 1.82) is 0 Å². The molecule has 0 saturated heterocycles. The Morgan fingerprint density at radius 3 is 2.48 bits per heavy atom. The van der Waals surface area contributed by atoms with E-state index < -0.39 is 0 Å². The third kappa shape index (κ3) is 2.43. The smallest absolute Gasteiger partial charge is 0.219 e. The fraction of sp³-hybridized carbons (Fsp3) is 0.450. The molecule has 4 fully saturated rings. The zero-order chi connectivity index (χ0) is 15.2. The zero-order valence-electron chi connectivity index (χ0n) is 13.2. The van der Waals surface area contributed by atoms with Crippen LogP contribution in [0, 0.1) is 23.7 Å². The van der Waals surface area contributed by atoms with Gasteiger partial charge >= 0.3 is 0 Å². The molecule has 0 N–H and O–H groups in total. The van der Waals surface area contributed by atoms with Gasteiger partial charge in [0.2, 0.25) is 5.88 Å². The first-order valence-electron chi connectivity index (χ1n) is 8.73. The maximum atomic E-state index is 5.76. The average Bonchev–Trinajstić information content (AvgIpc) is 2.56. The lowest BCUT2D eigenvalue weighted by atomic mass is 9.51. The summed E-state index contributed by atoms with van der Waals surface area (Å²) in [5.41, 5.74) is 1.39. The van der Waals surface area contributed by atoms with Gasteiger partial charge in [0.1, 0.15) is 5.75 Å². The van der Waals surface area contributed by atoms with Crippen molar-refractivity contribution in [1.82, 2.24) is 9.97 Å². The van der Waals surface area contributed by atoms with E-state index in [9.17, 15) is 0 Å². The van der Waals surface area contributed by atoms with Crippen molar-refractivity contribution < 1.29 is 4.74 Å². The van der Waals surface area contributed by atoms with Gasteiger partial charge in [-0.15, -0.1) is 0 Å². The third-order valence-electron chi connectivity index (χ3n) is 5.93. The molecule has 0 aliphatic heterocycles. The van der Waals surface area contributed by atoms with Gasteiger partial charge in [-0.25, -0.2) is 4.98 Å². The second kappa shape index (κ2) is 5.33. The highest BCUT2D eigenvalue weighted by molar-refractivity contribution is 5.32. The van der Waals surface area contributed by atoms with Crippen LogP contribution in [0.25, 0.3) is 0 Å². The molecular weight excluding hydrogens is 284 g/mol. The summed E-state index contributed by atoms with van der Waals surface area (Å²) in [5.74, 6) is 6.68. The van der Waals surface area contributed by atoms with Crippen LogP contribution in [-0.2, 0) is 0 Å². The number of ether oxygens (including phenoxy) is 1. The largest absolute Gasteiger partial charge is 0.437 e. The van der Waals surface area contributed by atoms with Crippen LogP contribution in [-0.4, -0.2) is 9.97 Å².